The monoisotopic (exact) mass is 182 g/mol. The first kappa shape index (κ1) is 8.20. The molecule has 0 amide bonds. The minimum Gasteiger partial charge on any atom is -0.325 e. The average molecular weight is 182 g/mol. The molecule has 1 heterocycles. The quantitative estimate of drug-likeness (QED) is 0.760. The van der Waals surface area contributed by atoms with Gasteiger partial charge in [0.1, 0.15) is 0 Å². The lowest BCUT2D eigenvalue weighted by atomic mass is 9.71. The molecule has 0 aromatic carbocycles. The van der Waals surface area contributed by atoms with Gasteiger partial charge in [0.05, 0.1) is 10.7 Å². The number of nitrogens with zero attached hydrogens (tertiary/aromatic N) is 1. The molecule has 66 valence electrons. The maximum absolute atomic E-state index is 5.51. The van der Waals surface area contributed by atoms with E-state index in [0.29, 0.717) is 12.0 Å². The third-order valence-corrected chi connectivity index (χ3v) is 3.93. The second-order valence-corrected chi connectivity index (χ2v) is 4.62. The van der Waals surface area contributed by atoms with Gasteiger partial charge in [-0.05, 0) is 12.8 Å². The molecule has 0 spiro atoms. The normalized spacial score (nSPS) is 20.5. The Morgan fingerprint density at radius 3 is 2.83 bits per heavy atom. The van der Waals surface area contributed by atoms with Crippen molar-refractivity contribution in [1.29, 1.82) is 0 Å². The van der Waals surface area contributed by atoms with Crippen LogP contribution in [0.5, 0.6) is 0 Å². The molecule has 0 radical (unpaired) electrons. The van der Waals surface area contributed by atoms with Crippen LogP contribution in [0.4, 0.5) is 0 Å². The Morgan fingerprint density at radius 1 is 1.67 bits per heavy atom. The van der Waals surface area contributed by atoms with E-state index >= 15 is 0 Å². The fraction of sp³-hybridized carbons (Fsp3) is 0.667. The number of nitrogens with two attached hydrogens (primary N) is 1. The lowest BCUT2D eigenvalue weighted by molar-refractivity contribution is 0.271. The summed E-state index contributed by atoms with van der Waals surface area (Å²) in [5, 5.41) is 3.37. The van der Waals surface area contributed by atoms with Gasteiger partial charge in [-0.15, -0.1) is 11.3 Å². The van der Waals surface area contributed by atoms with Crippen molar-refractivity contribution in [3.05, 3.63) is 16.1 Å². The van der Waals surface area contributed by atoms with Crippen LogP contribution < -0.4 is 5.73 Å². The van der Waals surface area contributed by atoms with Crippen LogP contribution in [0.3, 0.4) is 0 Å². The van der Waals surface area contributed by atoms with Gasteiger partial charge in [0.25, 0.3) is 0 Å². The van der Waals surface area contributed by atoms with Crippen molar-refractivity contribution in [2.45, 2.75) is 38.1 Å². The summed E-state index contributed by atoms with van der Waals surface area (Å²) in [7, 11) is 0. The topological polar surface area (TPSA) is 38.9 Å². The Morgan fingerprint density at radius 2 is 2.42 bits per heavy atom. The van der Waals surface area contributed by atoms with Crippen molar-refractivity contribution in [3.8, 4) is 0 Å². The first-order valence-corrected chi connectivity index (χ1v) is 5.27. The second-order valence-electron chi connectivity index (χ2n) is 3.76. The standard InChI is InChI=1S/C9H14N2S/c1-9(3-2-4-9)8-11-7(5-10)6-12-8/h6H,2-5,10H2,1H3. The maximum atomic E-state index is 5.51. The van der Waals surface area contributed by atoms with E-state index in [1.54, 1.807) is 11.3 Å². The highest BCUT2D eigenvalue weighted by molar-refractivity contribution is 7.09. The van der Waals surface area contributed by atoms with Gasteiger partial charge in [-0.2, -0.15) is 0 Å². The Labute approximate surface area is 76.8 Å². The molecule has 1 aliphatic rings. The molecule has 1 aromatic rings. The first-order chi connectivity index (χ1) is 5.74. The van der Waals surface area contributed by atoms with E-state index in [-0.39, 0.29) is 0 Å². The fourth-order valence-corrected chi connectivity index (χ4v) is 2.65. The molecule has 0 saturated heterocycles. The predicted octanol–water partition coefficient (Wildman–Crippen LogP) is 2.04. The summed E-state index contributed by atoms with van der Waals surface area (Å²) in [5.41, 5.74) is 6.94. The summed E-state index contributed by atoms with van der Waals surface area (Å²) < 4.78 is 0. The maximum Gasteiger partial charge on any atom is 0.0988 e. The van der Waals surface area contributed by atoms with Crippen LogP contribution in [-0.4, -0.2) is 4.98 Å². The predicted molar refractivity (Wildman–Crippen MR) is 51.2 cm³/mol. The largest absolute Gasteiger partial charge is 0.325 e. The van der Waals surface area contributed by atoms with Gasteiger partial charge in [-0.25, -0.2) is 4.98 Å². The Hall–Kier alpha value is -0.410. The van der Waals surface area contributed by atoms with E-state index < -0.39 is 0 Å². The van der Waals surface area contributed by atoms with Crippen LogP contribution in [0.25, 0.3) is 0 Å². The summed E-state index contributed by atoms with van der Waals surface area (Å²) in [4.78, 5) is 4.52. The summed E-state index contributed by atoms with van der Waals surface area (Å²) in [6.45, 7) is 2.88. The second kappa shape index (κ2) is 2.82. The van der Waals surface area contributed by atoms with Crippen LogP contribution in [-0.2, 0) is 12.0 Å². The number of thiazole rings is 1. The van der Waals surface area contributed by atoms with E-state index in [9.17, 15) is 0 Å². The number of hydrogen-bond donors (Lipinski definition) is 1. The Balaban J connectivity index is 2.22. The van der Waals surface area contributed by atoms with Crippen molar-refractivity contribution in [1.82, 2.24) is 4.98 Å². The highest BCUT2D eigenvalue weighted by Crippen LogP contribution is 2.44. The lowest BCUT2D eigenvalue weighted by Crippen LogP contribution is -2.30. The van der Waals surface area contributed by atoms with Crippen molar-refractivity contribution in [2.24, 2.45) is 5.73 Å². The van der Waals surface area contributed by atoms with Gasteiger partial charge in [-0.1, -0.05) is 13.3 Å². The van der Waals surface area contributed by atoms with Crippen molar-refractivity contribution >= 4 is 11.3 Å². The van der Waals surface area contributed by atoms with Crippen LogP contribution in [0, 0.1) is 0 Å². The smallest absolute Gasteiger partial charge is 0.0988 e. The first-order valence-electron chi connectivity index (χ1n) is 4.39. The molecule has 1 saturated carbocycles. The van der Waals surface area contributed by atoms with Crippen molar-refractivity contribution in [2.75, 3.05) is 0 Å². The van der Waals surface area contributed by atoms with Gasteiger partial charge in [-0.3, -0.25) is 0 Å². The molecule has 2 N–H and O–H groups in total. The third kappa shape index (κ3) is 1.17. The van der Waals surface area contributed by atoms with E-state index in [1.807, 2.05) is 0 Å². The highest BCUT2D eigenvalue weighted by atomic mass is 32.1. The summed E-state index contributed by atoms with van der Waals surface area (Å²) in [5.74, 6) is 0. The fourth-order valence-electron chi connectivity index (χ4n) is 1.60. The zero-order valence-corrected chi connectivity index (χ0v) is 8.16. The SMILES string of the molecule is CC1(c2nc(CN)cs2)CCC1. The summed E-state index contributed by atoms with van der Waals surface area (Å²) in [6, 6.07) is 0. The van der Waals surface area contributed by atoms with Crippen LogP contribution in [0.15, 0.2) is 5.38 Å². The summed E-state index contributed by atoms with van der Waals surface area (Å²) in [6.07, 6.45) is 3.95. The Kier molecular flexibility index (Phi) is 1.93. The molecule has 2 nitrogen and oxygen atoms in total. The van der Waals surface area contributed by atoms with Crippen LogP contribution >= 0.6 is 11.3 Å². The van der Waals surface area contributed by atoms with E-state index in [0.717, 1.165) is 5.69 Å². The van der Waals surface area contributed by atoms with E-state index in [4.69, 9.17) is 5.73 Å². The van der Waals surface area contributed by atoms with Crippen LogP contribution in [0.1, 0.15) is 36.9 Å². The lowest BCUT2D eigenvalue weighted by Gasteiger charge is -2.36. The third-order valence-electron chi connectivity index (χ3n) is 2.73. The minimum atomic E-state index is 0.387. The number of rotatable bonds is 2. The molecule has 1 fully saturated rings. The number of hydrogen-bond acceptors (Lipinski definition) is 3. The molecule has 3 heteroatoms. The summed E-state index contributed by atoms with van der Waals surface area (Å²) >= 11 is 1.77. The van der Waals surface area contributed by atoms with Gasteiger partial charge < -0.3 is 5.73 Å². The van der Waals surface area contributed by atoms with Gasteiger partial charge in [0, 0.05) is 17.3 Å². The molecule has 12 heavy (non-hydrogen) atoms. The zero-order chi connectivity index (χ0) is 8.60. The molecular formula is C9H14N2S. The van der Waals surface area contributed by atoms with Crippen molar-refractivity contribution in [3.63, 3.8) is 0 Å². The highest BCUT2D eigenvalue weighted by Gasteiger charge is 2.36. The van der Waals surface area contributed by atoms with Gasteiger partial charge >= 0.3 is 0 Å². The average Bonchev–Trinajstić information content (AvgIpc) is 2.48. The molecule has 0 bridgehead atoms. The van der Waals surface area contributed by atoms with Crippen LogP contribution in [0.2, 0.25) is 0 Å². The Bertz CT molecular complexity index is 276. The van der Waals surface area contributed by atoms with E-state index in [2.05, 4.69) is 17.3 Å². The number of aromatic nitrogens is 1. The molecule has 0 unspecified atom stereocenters. The molecule has 0 atom stereocenters. The van der Waals surface area contributed by atoms with Gasteiger partial charge in [0.2, 0.25) is 0 Å². The molecule has 1 aromatic heterocycles. The molecule has 0 aliphatic heterocycles. The minimum absolute atomic E-state index is 0.387. The molecule has 1 aliphatic carbocycles. The van der Waals surface area contributed by atoms with E-state index in [1.165, 1.54) is 24.3 Å². The zero-order valence-electron chi connectivity index (χ0n) is 7.34. The van der Waals surface area contributed by atoms with Crippen molar-refractivity contribution < 1.29 is 0 Å². The molecule has 2 rings (SSSR count). The molecular weight excluding hydrogens is 168 g/mol. The van der Waals surface area contributed by atoms with Gasteiger partial charge in [0.15, 0.2) is 0 Å².